The van der Waals surface area contributed by atoms with Crippen molar-refractivity contribution in [1.29, 1.82) is 0 Å². The van der Waals surface area contributed by atoms with Crippen LogP contribution in [0.3, 0.4) is 0 Å². The van der Waals surface area contributed by atoms with Crippen molar-refractivity contribution in [2.24, 2.45) is 0 Å². The van der Waals surface area contributed by atoms with Crippen molar-refractivity contribution >= 4 is 14.0 Å². The molecule has 0 aliphatic heterocycles. The molecule has 3 heteroatoms. The molecule has 0 aromatic rings. The van der Waals surface area contributed by atoms with E-state index in [0.29, 0.717) is 6.42 Å². The Morgan fingerprint density at radius 3 is 2.13 bits per heavy atom. The van der Waals surface area contributed by atoms with Crippen LogP contribution in [0.15, 0.2) is 0 Å². The van der Waals surface area contributed by atoms with Gasteiger partial charge in [0.05, 0.1) is 13.6 Å². The molecule has 0 aromatic carbocycles. The summed E-state index contributed by atoms with van der Waals surface area (Å²) < 4.78 is 5.38. The fraction of sp³-hybridized carbons (Fsp3) is 0.750. The second kappa shape index (κ2) is 4.85. The van der Waals surface area contributed by atoms with Crippen LogP contribution in [-0.4, -0.2) is 19.6 Å². The first-order chi connectivity index (χ1) is 6.58. The van der Waals surface area contributed by atoms with Crippen LogP contribution in [0.5, 0.6) is 0 Å². The second-order valence-corrected chi connectivity index (χ2v) is 11.3. The van der Waals surface area contributed by atoms with E-state index in [9.17, 15) is 4.79 Å². The summed E-state index contributed by atoms with van der Waals surface area (Å²) in [6.07, 6.45) is 5.78. The molecule has 0 aliphatic carbocycles. The van der Waals surface area contributed by atoms with Gasteiger partial charge in [0.2, 0.25) is 0 Å². The van der Waals surface area contributed by atoms with Gasteiger partial charge in [0.15, 0.2) is 0 Å². The van der Waals surface area contributed by atoms with Gasteiger partial charge in [-0.15, -0.1) is 12.3 Å². The molecule has 0 saturated heterocycles. The van der Waals surface area contributed by atoms with Crippen molar-refractivity contribution in [3.63, 3.8) is 0 Å². The summed E-state index contributed by atoms with van der Waals surface area (Å²) in [5.74, 6) is 2.44. The fourth-order valence-electron chi connectivity index (χ4n) is 1.23. The van der Waals surface area contributed by atoms with Gasteiger partial charge in [0.25, 0.3) is 0 Å². The normalized spacial score (nSPS) is 14.2. The number of carbonyl (C=O) groups excluding carboxylic acids is 1. The molecule has 0 spiro atoms. The van der Waals surface area contributed by atoms with Crippen LogP contribution < -0.4 is 0 Å². The Bertz CT molecular complexity index is 263. The van der Waals surface area contributed by atoms with E-state index in [2.05, 4.69) is 25.6 Å². The Kier molecular flexibility index (Phi) is 4.60. The Hall–Kier alpha value is -0.753. The van der Waals surface area contributed by atoms with E-state index in [1.54, 1.807) is 0 Å². The number of hydrogen-bond acceptors (Lipinski definition) is 2. The SMILES string of the molecule is C#CCC(C(=O)OC(C)(C)C)[Si](C)(C)C. The largest absolute Gasteiger partial charge is 0.460 e. The van der Waals surface area contributed by atoms with E-state index in [1.807, 2.05) is 20.8 Å². The number of rotatable bonds is 3. The van der Waals surface area contributed by atoms with E-state index >= 15 is 0 Å². The molecule has 0 rings (SSSR count). The van der Waals surface area contributed by atoms with Gasteiger partial charge in [0, 0.05) is 6.42 Å². The molecule has 0 aromatic heterocycles. The van der Waals surface area contributed by atoms with Gasteiger partial charge < -0.3 is 4.74 Å². The Balaban J connectivity index is 4.67. The fourth-order valence-corrected chi connectivity index (χ4v) is 2.73. The number of ether oxygens (including phenoxy) is 1. The third-order valence-electron chi connectivity index (χ3n) is 2.06. The molecular formula is C12H22O2Si. The van der Waals surface area contributed by atoms with Crippen LogP contribution in [0.1, 0.15) is 27.2 Å². The molecule has 0 saturated carbocycles. The minimum absolute atomic E-state index is 0.0956. The highest BCUT2D eigenvalue weighted by molar-refractivity contribution is 6.80. The van der Waals surface area contributed by atoms with Crippen molar-refractivity contribution in [1.82, 2.24) is 0 Å². The van der Waals surface area contributed by atoms with Crippen molar-refractivity contribution in [2.45, 2.75) is 58.0 Å². The van der Waals surface area contributed by atoms with Gasteiger partial charge in [-0.25, -0.2) is 0 Å². The molecular weight excluding hydrogens is 204 g/mol. The topological polar surface area (TPSA) is 26.3 Å². The summed E-state index contributed by atoms with van der Waals surface area (Å²) >= 11 is 0. The molecule has 15 heavy (non-hydrogen) atoms. The Labute approximate surface area is 94.4 Å². The third-order valence-corrected chi connectivity index (χ3v) is 4.59. The predicted octanol–water partition coefficient (Wildman–Crippen LogP) is 3.06. The number of hydrogen-bond donors (Lipinski definition) is 0. The second-order valence-electron chi connectivity index (χ2n) is 5.86. The maximum absolute atomic E-state index is 11.9. The summed E-state index contributed by atoms with van der Waals surface area (Å²) in [7, 11) is -1.59. The summed E-state index contributed by atoms with van der Waals surface area (Å²) in [5, 5.41) is 0. The van der Waals surface area contributed by atoms with E-state index in [1.165, 1.54) is 0 Å². The van der Waals surface area contributed by atoms with Gasteiger partial charge in [-0.3, -0.25) is 4.79 Å². The zero-order valence-electron chi connectivity index (χ0n) is 10.7. The highest BCUT2D eigenvalue weighted by atomic mass is 28.3. The highest BCUT2D eigenvalue weighted by Gasteiger charge is 2.35. The first-order valence-electron chi connectivity index (χ1n) is 5.24. The van der Waals surface area contributed by atoms with Crippen molar-refractivity contribution < 1.29 is 9.53 Å². The first-order valence-corrected chi connectivity index (χ1v) is 8.82. The zero-order valence-corrected chi connectivity index (χ0v) is 11.7. The first kappa shape index (κ1) is 14.2. The van der Waals surface area contributed by atoms with E-state index in [4.69, 9.17) is 11.2 Å². The van der Waals surface area contributed by atoms with Gasteiger partial charge in [-0.2, -0.15) is 0 Å². The van der Waals surface area contributed by atoms with Crippen LogP contribution >= 0.6 is 0 Å². The van der Waals surface area contributed by atoms with Crippen molar-refractivity contribution in [2.75, 3.05) is 0 Å². The molecule has 0 bridgehead atoms. The van der Waals surface area contributed by atoms with Crippen LogP contribution in [0.2, 0.25) is 25.2 Å². The monoisotopic (exact) mass is 226 g/mol. The van der Waals surface area contributed by atoms with Gasteiger partial charge in [-0.1, -0.05) is 19.6 Å². The number of terminal acetylenes is 1. The highest BCUT2D eigenvalue weighted by Crippen LogP contribution is 2.28. The zero-order chi connectivity index (χ0) is 12.3. The lowest BCUT2D eigenvalue weighted by atomic mass is 10.2. The lowest BCUT2D eigenvalue weighted by Crippen LogP contribution is -2.37. The standard InChI is InChI=1S/C12H22O2Si/c1-8-9-10(15(5,6)7)11(13)14-12(2,3)4/h1,10H,9H2,2-7H3. The van der Waals surface area contributed by atoms with E-state index < -0.39 is 13.7 Å². The lowest BCUT2D eigenvalue weighted by molar-refractivity contribution is -0.154. The molecule has 0 amide bonds. The van der Waals surface area contributed by atoms with Crippen molar-refractivity contribution in [3.8, 4) is 12.3 Å². The van der Waals surface area contributed by atoms with Gasteiger partial charge in [-0.05, 0) is 20.8 Å². The summed E-state index contributed by atoms with van der Waals surface area (Å²) in [6.45, 7) is 12.0. The average molecular weight is 226 g/mol. The maximum Gasteiger partial charge on any atom is 0.307 e. The Morgan fingerprint density at radius 1 is 1.40 bits per heavy atom. The lowest BCUT2D eigenvalue weighted by Gasteiger charge is -2.29. The van der Waals surface area contributed by atoms with Crippen LogP contribution in [0.25, 0.3) is 0 Å². The quantitative estimate of drug-likeness (QED) is 0.420. The predicted molar refractivity (Wildman–Crippen MR) is 66.4 cm³/mol. The van der Waals surface area contributed by atoms with Crippen LogP contribution in [0.4, 0.5) is 0 Å². The molecule has 2 nitrogen and oxygen atoms in total. The third kappa shape index (κ3) is 5.63. The van der Waals surface area contributed by atoms with Gasteiger partial charge in [0.1, 0.15) is 5.60 Å². The molecule has 0 fully saturated rings. The van der Waals surface area contributed by atoms with E-state index in [0.717, 1.165) is 0 Å². The van der Waals surface area contributed by atoms with Gasteiger partial charge >= 0.3 is 5.97 Å². The van der Waals surface area contributed by atoms with Crippen LogP contribution in [0, 0.1) is 12.3 Å². The molecule has 86 valence electrons. The number of esters is 1. The van der Waals surface area contributed by atoms with Crippen LogP contribution in [-0.2, 0) is 9.53 Å². The number of carbonyl (C=O) groups is 1. The summed E-state index contributed by atoms with van der Waals surface area (Å²) in [5.41, 5.74) is -0.523. The minimum Gasteiger partial charge on any atom is -0.460 e. The van der Waals surface area contributed by atoms with E-state index in [-0.39, 0.29) is 11.5 Å². The van der Waals surface area contributed by atoms with Crippen molar-refractivity contribution in [3.05, 3.63) is 0 Å². The molecule has 1 unspecified atom stereocenters. The smallest absolute Gasteiger partial charge is 0.307 e. The Morgan fingerprint density at radius 2 is 1.87 bits per heavy atom. The molecule has 0 radical (unpaired) electrons. The minimum atomic E-state index is -1.59. The summed E-state index contributed by atoms with van der Waals surface area (Å²) in [6, 6.07) is 0. The maximum atomic E-state index is 11.9. The average Bonchev–Trinajstić information content (AvgIpc) is 1.93. The molecule has 0 aliphatic rings. The molecule has 0 N–H and O–H groups in total. The molecule has 1 atom stereocenters. The summed E-state index contributed by atoms with van der Waals surface area (Å²) in [4.78, 5) is 11.9. The molecule has 0 heterocycles.